The van der Waals surface area contributed by atoms with Crippen LogP contribution in [0.5, 0.6) is 0 Å². The van der Waals surface area contributed by atoms with E-state index in [1.54, 1.807) is 11.3 Å². The van der Waals surface area contributed by atoms with E-state index in [0.29, 0.717) is 11.0 Å². The van der Waals surface area contributed by atoms with Crippen molar-refractivity contribution in [3.05, 3.63) is 40.2 Å². The average Bonchev–Trinajstić information content (AvgIpc) is 3.15. The fourth-order valence-corrected chi connectivity index (χ4v) is 4.44. The monoisotopic (exact) mass is 330 g/mol. The van der Waals surface area contributed by atoms with Gasteiger partial charge in [-0.15, -0.1) is 0 Å². The fourth-order valence-electron chi connectivity index (χ4n) is 3.10. The molecule has 3 aromatic heterocycles. The van der Waals surface area contributed by atoms with Gasteiger partial charge < -0.3 is 5.73 Å². The molecule has 0 aliphatic carbocycles. The Morgan fingerprint density at radius 2 is 2.05 bits per heavy atom. The Bertz CT molecular complexity index is 758. The third-order valence-corrected chi connectivity index (χ3v) is 5.85. The molecule has 1 fully saturated rings. The number of thiophene rings is 1. The Balaban J connectivity index is 1.43. The summed E-state index contributed by atoms with van der Waals surface area (Å²) in [5, 5.41) is 5.00. The first kappa shape index (κ1) is 14.1. The van der Waals surface area contributed by atoms with Gasteiger partial charge in [-0.25, -0.2) is 9.97 Å². The summed E-state index contributed by atoms with van der Waals surface area (Å²) in [5.74, 6) is 0.547. The molecule has 1 aliphatic rings. The summed E-state index contributed by atoms with van der Waals surface area (Å²) >= 11 is 3.28. The molecule has 0 radical (unpaired) electrons. The number of nitrogens with zero attached hydrogens (tertiary/aromatic N) is 3. The van der Waals surface area contributed by atoms with Crippen LogP contribution in [0.25, 0.3) is 10.3 Å². The Kier molecular flexibility index (Phi) is 3.82. The zero-order valence-electron chi connectivity index (χ0n) is 12.2. The molecule has 2 N–H and O–H groups in total. The van der Waals surface area contributed by atoms with Crippen molar-refractivity contribution in [2.45, 2.75) is 25.3 Å². The van der Waals surface area contributed by atoms with E-state index in [0.717, 1.165) is 30.0 Å². The second kappa shape index (κ2) is 5.95. The molecule has 6 heteroatoms. The normalized spacial score (nSPS) is 17.3. The fraction of sp³-hybridized carbons (Fsp3) is 0.375. The van der Waals surface area contributed by atoms with Crippen LogP contribution in [0.2, 0.25) is 0 Å². The average molecular weight is 330 g/mol. The maximum absolute atomic E-state index is 5.76. The lowest BCUT2D eigenvalue weighted by Gasteiger charge is -2.31. The summed E-state index contributed by atoms with van der Waals surface area (Å²) in [4.78, 5) is 11.6. The summed E-state index contributed by atoms with van der Waals surface area (Å²) < 4.78 is 1.08. The molecule has 3 aromatic rings. The van der Waals surface area contributed by atoms with Crippen LogP contribution in [0, 0.1) is 0 Å². The zero-order chi connectivity index (χ0) is 14.9. The Labute approximate surface area is 137 Å². The quantitative estimate of drug-likeness (QED) is 0.795. The second-order valence-corrected chi connectivity index (χ2v) is 7.63. The number of hydrogen-bond acceptors (Lipinski definition) is 6. The van der Waals surface area contributed by atoms with E-state index in [-0.39, 0.29) is 0 Å². The Morgan fingerprint density at radius 1 is 1.18 bits per heavy atom. The minimum absolute atomic E-state index is 0.547. The molecule has 22 heavy (non-hydrogen) atoms. The number of nitrogen functional groups attached to an aromatic ring is 1. The molecule has 114 valence electrons. The maximum Gasteiger partial charge on any atom is 0.182 e. The number of pyridine rings is 1. The number of nitrogens with two attached hydrogens (primary N) is 1. The highest BCUT2D eigenvalue weighted by molar-refractivity contribution is 7.21. The first-order valence-corrected chi connectivity index (χ1v) is 9.30. The summed E-state index contributed by atoms with van der Waals surface area (Å²) in [5.41, 5.74) is 9.17. The molecule has 1 saturated heterocycles. The van der Waals surface area contributed by atoms with Gasteiger partial charge >= 0.3 is 0 Å². The van der Waals surface area contributed by atoms with Crippen LogP contribution in [-0.2, 0) is 6.54 Å². The first-order valence-electron chi connectivity index (χ1n) is 7.54. The predicted octanol–water partition coefficient (Wildman–Crippen LogP) is 3.71. The summed E-state index contributed by atoms with van der Waals surface area (Å²) in [7, 11) is 0. The molecule has 0 saturated carbocycles. The third kappa shape index (κ3) is 2.86. The van der Waals surface area contributed by atoms with E-state index in [2.05, 4.69) is 38.8 Å². The zero-order valence-corrected chi connectivity index (χ0v) is 13.9. The van der Waals surface area contributed by atoms with Crippen LogP contribution in [0.1, 0.15) is 30.0 Å². The van der Waals surface area contributed by atoms with Gasteiger partial charge in [0.15, 0.2) is 10.8 Å². The lowest BCUT2D eigenvalue weighted by molar-refractivity contribution is 0.203. The molecule has 0 aromatic carbocycles. The first-order chi connectivity index (χ1) is 10.8. The van der Waals surface area contributed by atoms with Crippen LogP contribution in [0.15, 0.2) is 29.0 Å². The number of likely N-dealkylation sites (tertiary alicyclic amines) is 1. The summed E-state index contributed by atoms with van der Waals surface area (Å²) in [6.45, 7) is 3.35. The predicted molar refractivity (Wildman–Crippen MR) is 93.4 cm³/mol. The molecule has 4 nitrogen and oxygen atoms in total. The van der Waals surface area contributed by atoms with Crippen LogP contribution in [0.3, 0.4) is 0 Å². The Morgan fingerprint density at radius 3 is 2.82 bits per heavy atom. The standard InChI is InChI=1S/C16H18N4S2/c17-16-19-15-14(22-16)2-1-13(18-15)12-3-6-20(7-4-12)9-11-5-8-21-10-11/h1-2,5,8,10,12H,3-4,6-7,9H2,(H2,17,18,19). The molecule has 1 aliphatic heterocycles. The molecular weight excluding hydrogens is 312 g/mol. The molecule has 0 atom stereocenters. The number of fused-ring (bicyclic) bond motifs is 1. The largest absolute Gasteiger partial charge is 0.375 e. The van der Waals surface area contributed by atoms with Crippen molar-refractivity contribution in [3.8, 4) is 0 Å². The highest BCUT2D eigenvalue weighted by atomic mass is 32.1. The van der Waals surface area contributed by atoms with Crippen molar-refractivity contribution in [1.82, 2.24) is 14.9 Å². The molecule has 4 heterocycles. The highest BCUT2D eigenvalue weighted by Crippen LogP contribution is 2.30. The lowest BCUT2D eigenvalue weighted by atomic mass is 9.93. The van der Waals surface area contributed by atoms with Crippen molar-refractivity contribution >= 4 is 38.2 Å². The summed E-state index contributed by atoms with van der Waals surface area (Å²) in [6, 6.07) is 6.49. The van der Waals surface area contributed by atoms with Gasteiger partial charge in [-0.1, -0.05) is 11.3 Å². The number of thiazole rings is 1. The van der Waals surface area contributed by atoms with Gasteiger partial charge in [0, 0.05) is 18.2 Å². The van der Waals surface area contributed by atoms with Crippen molar-refractivity contribution in [2.24, 2.45) is 0 Å². The van der Waals surface area contributed by atoms with Gasteiger partial charge in [-0.05, 0) is 60.5 Å². The molecule has 0 bridgehead atoms. The van der Waals surface area contributed by atoms with E-state index < -0.39 is 0 Å². The summed E-state index contributed by atoms with van der Waals surface area (Å²) in [6.07, 6.45) is 2.34. The molecule has 0 spiro atoms. The maximum atomic E-state index is 5.76. The minimum Gasteiger partial charge on any atom is -0.375 e. The van der Waals surface area contributed by atoms with Gasteiger partial charge in [0.1, 0.15) is 0 Å². The molecule has 0 unspecified atom stereocenters. The van der Waals surface area contributed by atoms with E-state index in [1.165, 1.54) is 35.4 Å². The van der Waals surface area contributed by atoms with E-state index in [1.807, 2.05) is 0 Å². The van der Waals surface area contributed by atoms with Crippen LogP contribution >= 0.6 is 22.7 Å². The van der Waals surface area contributed by atoms with Gasteiger partial charge in [0.2, 0.25) is 0 Å². The van der Waals surface area contributed by atoms with Crippen molar-refractivity contribution < 1.29 is 0 Å². The van der Waals surface area contributed by atoms with E-state index in [9.17, 15) is 0 Å². The minimum atomic E-state index is 0.547. The van der Waals surface area contributed by atoms with Gasteiger partial charge in [0.25, 0.3) is 0 Å². The van der Waals surface area contributed by atoms with Crippen molar-refractivity contribution in [3.63, 3.8) is 0 Å². The smallest absolute Gasteiger partial charge is 0.182 e. The highest BCUT2D eigenvalue weighted by Gasteiger charge is 2.22. The van der Waals surface area contributed by atoms with Crippen molar-refractivity contribution in [2.75, 3.05) is 18.8 Å². The topological polar surface area (TPSA) is 55.0 Å². The van der Waals surface area contributed by atoms with Crippen LogP contribution in [-0.4, -0.2) is 28.0 Å². The number of anilines is 1. The third-order valence-electron chi connectivity index (χ3n) is 4.28. The number of hydrogen-bond donors (Lipinski definition) is 1. The van der Waals surface area contributed by atoms with E-state index >= 15 is 0 Å². The van der Waals surface area contributed by atoms with Crippen LogP contribution < -0.4 is 5.73 Å². The lowest BCUT2D eigenvalue weighted by Crippen LogP contribution is -2.32. The van der Waals surface area contributed by atoms with Gasteiger partial charge in [-0.2, -0.15) is 11.3 Å². The number of rotatable bonds is 3. The molecule has 4 rings (SSSR count). The van der Waals surface area contributed by atoms with Crippen molar-refractivity contribution in [1.29, 1.82) is 0 Å². The number of piperidine rings is 1. The molecular formula is C16H18N4S2. The van der Waals surface area contributed by atoms with E-state index in [4.69, 9.17) is 10.7 Å². The Hall–Kier alpha value is -1.50. The van der Waals surface area contributed by atoms with Crippen LogP contribution in [0.4, 0.5) is 5.13 Å². The SMILES string of the molecule is Nc1nc2nc(C3CCN(Cc4ccsc4)CC3)ccc2s1. The van der Waals surface area contributed by atoms with Gasteiger partial charge in [-0.3, -0.25) is 4.90 Å². The van der Waals surface area contributed by atoms with Gasteiger partial charge in [0.05, 0.1) is 4.70 Å². The second-order valence-electron chi connectivity index (χ2n) is 5.79. The number of aromatic nitrogens is 2. The molecule has 0 amide bonds.